The van der Waals surface area contributed by atoms with E-state index >= 15 is 0 Å². The summed E-state index contributed by atoms with van der Waals surface area (Å²) in [7, 11) is 0. The van der Waals surface area contributed by atoms with E-state index < -0.39 is 5.72 Å². The van der Waals surface area contributed by atoms with Crippen molar-refractivity contribution < 1.29 is 5.11 Å². The Morgan fingerprint density at radius 2 is 1.71 bits per heavy atom. The Morgan fingerprint density at radius 1 is 1.05 bits per heavy atom. The van der Waals surface area contributed by atoms with Gasteiger partial charge in [0, 0.05) is 12.3 Å². The topological polar surface area (TPSA) is 46.2 Å². The maximum absolute atomic E-state index is 10.6. The maximum atomic E-state index is 10.6. The molecule has 0 bridgehead atoms. The van der Waals surface area contributed by atoms with E-state index in [0.29, 0.717) is 16.5 Å². The Kier molecular flexibility index (Phi) is 5.28. The number of aliphatic hydroxyl groups is 1. The summed E-state index contributed by atoms with van der Waals surface area (Å²) < 4.78 is 0. The van der Waals surface area contributed by atoms with Crippen molar-refractivity contribution in [2.75, 3.05) is 0 Å². The SMILES string of the molecule is CC(Cc1ccccc1)[C@](N)(O)Cc1ccc(Cl)c(Cl)c1. The molecule has 2 rings (SSSR count). The smallest absolute Gasteiger partial charge is 0.120 e. The molecular formula is C17H19Cl2NO. The summed E-state index contributed by atoms with van der Waals surface area (Å²) in [6.07, 6.45) is 1.05. The third-order valence-electron chi connectivity index (χ3n) is 3.71. The highest BCUT2D eigenvalue weighted by molar-refractivity contribution is 6.42. The van der Waals surface area contributed by atoms with Crippen molar-refractivity contribution in [3.8, 4) is 0 Å². The van der Waals surface area contributed by atoms with Gasteiger partial charge in [-0.25, -0.2) is 0 Å². The molecule has 0 radical (unpaired) electrons. The number of hydrogen-bond donors (Lipinski definition) is 2. The first-order valence-corrected chi connectivity index (χ1v) is 7.63. The van der Waals surface area contributed by atoms with Gasteiger partial charge in [0.15, 0.2) is 0 Å². The van der Waals surface area contributed by atoms with Gasteiger partial charge in [0.1, 0.15) is 5.72 Å². The van der Waals surface area contributed by atoms with Crippen molar-refractivity contribution in [2.24, 2.45) is 11.7 Å². The standard InChI is InChI=1S/C17H19Cl2NO/c1-12(9-13-5-3-2-4-6-13)17(20,21)11-14-7-8-15(18)16(19)10-14/h2-8,10,12,21H,9,11,20H2,1H3/t12?,17-/m1/s1. The Bertz CT molecular complexity index is 599. The average Bonchev–Trinajstić information content (AvgIpc) is 2.43. The highest BCUT2D eigenvalue weighted by Gasteiger charge is 2.29. The lowest BCUT2D eigenvalue weighted by atomic mass is 9.87. The van der Waals surface area contributed by atoms with Crippen LogP contribution in [0.3, 0.4) is 0 Å². The third-order valence-corrected chi connectivity index (χ3v) is 4.45. The molecule has 2 aromatic rings. The third kappa shape index (κ3) is 4.45. The van der Waals surface area contributed by atoms with Gasteiger partial charge in [-0.2, -0.15) is 0 Å². The Labute approximate surface area is 135 Å². The van der Waals surface area contributed by atoms with Gasteiger partial charge in [-0.15, -0.1) is 0 Å². The molecule has 0 saturated carbocycles. The van der Waals surface area contributed by atoms with E-state index in [9.17, 15) is 5.11 Å². The van der Waals surface area contributed by atoms with Crippen LogP contribution in [-0.2, 0) is 12.8 Å². The van der Waals surface area contributed by atoms with Crippen molar-refractivity contribution in [2.45, 2.75) is 25.5 Å². The zero-order valence-electron chi connectivity index (χ0n) is 11.9. The Balaban J connectivity index is 2.07. The maximum Gasteiger partial charge on any atom is 0.120 e. The monoisotopic (exact) mass is 323 g/mol. The predicted molar refractivity (Wildman–Crippen MR) is 88.6 cm³/mol. The zero-order chi connectivity index (χ0) is 15.5. The summed E-state index contributed by atoms with van der Waals surface area (Å²) >= 11 is 11.9. The molecule has 0 spiro atoms. The lowest BCUT2D eigenvalue weighted by Crippen LogP contribution is -2.48. The highest BCUT2D eigenvalue weighted by Crippen LogP contribution is 2.26. The van der Waals surface area contributed by atoms with E-state index in [4.69, 9.17) is 28.9 Å². The van der Waals surface area contributed by atoms with E-state index in [1.54, 1.807) is 12.1 Å². The normalized spacial score (nSPS) is 15.5. The fourth-order valence-electron chi connectivity index (χ4n) is 2.30. The van der Waals surface area contributed by atoms with Crippen molar-refractivity contribution in [3.05, 3.63) is 69.7 Å². The van der Waals surface area contributed by atoms with Gasteiger partial charge < -0.3 is 10.8 Å². The highest BCUT2D eigenvalue weighted by atomic mass is 35.5. The minimum atomic E-state index is -1.30. The van der Waals surface area contributed by atoms with Crippen molar-refractivity contribution in [1.82, 2.24) is 0 Å². The molecule has 0 aromatic heterocycles. The molecule has 21 heavy (non-hydrogen) atoms. The molecular weight excluding hydrogens is 305 g/mol. The van der Waals surface area contributed by atoms with Gasteiger partial charge in [0.2, 0.25) is 0 Å². The molecule has 112 valence electrons. The first-order chi connectivity index (χ1) is 9.88. The zero-order valence-corrected chi connectivity index (χ0v) is 13.4. The number of nitrogens with two attached hydrogens (primary N) is 1. The first kappa shape index (κ1) is 16.3. The molecule has 0 aliphatic carbocycles. The summed E-state index contributed by atoms with van der Waals surface area (Å²) in [5.74, 6) is -0.0886. The number of hydrogen-bond acceptors (Lipinski definition) is 2. The van der Waals surface area contributed by atoms with E-state index in [0.717, 1.165) is 17.5 Å². The average molecular weight is 324 g/mol. The van der Waals surface area contributed by atoms with Crippen LogP contribution in [0, 0.1) is 5.92 Å². The van der Waals surface area contributed by atoms with Gasteiger partial charge >= 0.3 is 0 Å². The van der Waals surface area contributed by atoms with Gasteiger partial charge in [0.05, 0.1) is 10.0 Å². The summed E-state index contributed by atoms with van der Waals surface area (Å²) in [5.41, 5.74) is 6.83. The lowest BCUT2D eigenvalue weighted by Gasteiger charge is -2.30. The Morgan fingerprint density at radius 3 is 2.33 bits per heavy atom. The van der Waals surface area contributed by atoms with E-state index in [1.165, 1.54) is 0 Å². The van der Waals surface area contributed by atoms with Crippen LogP contribution in [-0.4, -0.2) is 10.8 Å². The molecule has 0 aliphatic rings. The van der Waals surface area contributed by atoms with Crippen LogP contribution in [0.4, 0.5) is 0 Å². The molecule has 2 nitrogen and oxygen atoms in total. The second-order valence-electron chi connectivity index (χ2n) is 5.51. The van der Waals surface area contributed by atoms with Gasteiger partial charge in [-0.1, -0.05) is 66.5 Å². The quantitative estimate of drug-likeness (QED) is 0.815. The van der Waals surface area contributed by atoms with Crippen LogP contribution in [0.15, 0.2) is 48.5 Å². The second kappa shape index (κ2) is 6.80. The second-order valence-corrected chi connectivity index (χ2v) is 6.32. The summed E-state index contributed by atoms with van der Waals surface area (Å²) in [5, 5.41) is 11.5. The van der Waals surface area contributed by atoms with Gasteiger partial charge in [0.25, 0.3) is 0 Å². The molecule has 4 heteroatoms. The largest absolute Gasteiger partial charge is 0.375 e. The summed E-state index contributed by atoms with van der Waals surface area (Å²) in [6.45, 7) is 1.95. The summed E-state index contributed by atoms with van der Waals surface area (Å²) in [4.78, 5) is 0. The molecule has 2 atom stereocenters. The fourth-order valence-corrected chi connectivity index (χ4v) is 2.62. The molecule has 0 aliphatic heterocycles. The minimum Gasteiger partial charge on any atom is -0.375 e. The summed E-state index contributed by atoms with van der Waals surface area (Å²) in [6, 6.07) is 15.3. The molecule has 3 N–H and O–H groups in total. The lowest BCUT2D eigenvalue weighted by molar-refractivity contribution is -0.00557. The van der Waals surface area contributed by atoms with Crippen LogP contribution in [0.1, 0.15) is 18.1 Å². The Hall–Kier alpha value is -1.06. The van der Waals surface area contributed by atoms with Gasteiger partial charge in [-0.3, -0.25) is 0 Å². The van der Waals surface area contributed by atoms with Gasteiger partial charge in [-0.05, 0) is 29.7 Å². The first-order valence-electron chi connectivity index (χ1n) is 6.87. The molecule has 0 amide bonds. The van der Waals surface area contributed by atoms with E-state index in [1.807, 2.05) is 43.3 Å². The molecule has 1 unspecified atom stereocenters. The number of benzene rings is 2. The van der Waals surface area contributed by atoms with Crippen molar-refractivity contribution in [1.29, 1.82) is 0 Å². The van der Waals surface area contributed by atoms with Crippen LogP contribution >= 0.6 is 23.2 Å². The molecule has 2 aromatic carbocycles. The van der Waals surface area contributed by atoms with Crippen molar-refractivity contribution >= 4 is 23.2 Å². The van der Waals surface area contributed by atoms with Crippen LogP contribution in [0.25, 0.3) is 0 Å². The van der Waals surface area contributed by atoms with Crippen LogP contribution < -0.4 is 5.73 Å². The van der Waals surface area contributed by atoms with E-state index in [2.05, 4.69) is 0 Å². The number of halogens is 2. The van der Waals surface area contributed by atoms with Crippen LogP contribution in [0.2, 0.25) is 10.0 Å². The molecule has 0 saturated heterocycles. The molecule has 0 heterocycles. The van der Waals surface area contributed by atoms with Crippen LogP contribution in [0.5, 0.6) is 0 Å². The predicted octanol–water partition coefficient (Wildman–Crippen LogP) is 4.06. The van der Waals surface area contributed by atoms with Crippen molar-refractivity contribution in [3.63, 3.8) is 0 Å². The fraction of sp³-hybridized carbons (Fsp3) is 0.294. The minimum absolute atomic E-state index is 0.0886. The van der Waals surface area contributed by atoms with E-state index in [-0.39, 0.29) is 5.92 Å². The number of rotatable bonds is 5. The molecule has 0 fully saturated rings.